The van der Waals surface area contributed by atoms with Gasteiger partial charge in [0.1, 0.15) is 10.3 Å². The molecule has 1 aromatic carbocycles. The van der Waals surface area contributed by atoms with Crippen LogP contribution in [-0.2, 0) is 0 Å². The Bertz CT molecular complexity index is 969. The van der Waals surface area contributed by atoms with E-state index >= 15 is 0 Å². The predicted octanol–water partition coefficient (Wildman–Crippen LogP) is 4.74. The van der Waals surface area contributed by atoms with Crippen LogP contribution in [0.3, 0.4) is 0 Å². The topological polar surface area (TPSA) is 42.2 Å². The van der Waals surface area contributed by atoms with Gasteiger partial charge in [0.05, 0.1) is 0 Å². The lowest BCUT2D eigenvalue weighted by molar-refractivity contribution is 0.969. The van der Waals surface area contributed by atoms with Gasteiger partial charge in [-0.15, -0.1) is 11.3 Å². The fourth-order valence-electron chi connectivity index (χ4n) is 2.75. The van der Waals surface area contributed by atoms with E-state index in [1.54, 1.807) is 11.3 Å². The van der Waals surface area contributed by atoms with Crippen LogP contribution in [0.2, 0.25) is 0 Å². The zero-order chi connectivity index (χ0) is 15.8. The Morgan fingerprint density at radius 2 is 2.04 bits per heavy atom. The summed E-state index contributed by atoms with van der Waals surface area (Å²) < 4.78 is 2.21. The molecule has 0 aliphatic carbocycles. The molecule has 0 amide bonds. The highest BCUT2D eigenvalue weighted by Crippen LogP contribution is 2.34. The lowest BCUT2D eigenvalue weighted by atomic mass is 10.2. The first-order valence-electron chi connectivity index (χ1n) is 7.85. The number of rotatable bonds is 4. The van der Waals surface area contributed by atoms with E-state index in [2.05, 4.69) is 58.9 Å². The lowest BCUT2D eigenvalue weighted by Crippen LogP contribution is -2.05. The zero-order valence-electron chi connectivity index (χ0n) is 13.2. The van der Waals surface area contributed by atoms with Crippen LogP contribution in [0.25, 0.3) is 26.4 Å². The first kappa shape index (κ1) is 14.2. The molecule has 23 heavy (non-hydrogen) atoms. The molecular weight excluding hydrogens is 304 g/mol. The van der Waals surface area contributed by atoms with Crippen molar-refractivity contribution in [2.45, 2.75) is 20.3 Å². The van der Waals surface area contributed by atoms with Crippen molar-refractivity contribution in [2.24, 2.45) is 0 Å². The summed E-state index contributed by atoms with van der Waals surface area (Å²) in [5.41, 5.74) is 4.28. The van der Waals surface area contributed by atoms with E-state index in [1.807, 2.05) is 12.3 Å². The minimum absolute atomic E-state index is 0.866. The molecule has 0 unspecified atom stereocenters. The molecule has 0 radical (unpaired) electrons. The predicted molar refractivity (Wildman–Crippen MR) is 97.3 cm³/mol. The molecule has 4 aromatic rings. The van der Waals surface area contributed by atoms with E-state index < -0.39 is 0 Å². The van der Waals surface area contributed by atoms with Crippen LogP contribution in [0.5, 0.6) is 0 Å². The van der Waals surface area contributed by atoms with E-state index in [-0.39, 0.29) is 0 Å². The third kappa shape index (κ3) is 2.37. The molecule has 3 aromatic heterocycles. The molecule has 4 nitrogen and oxygen atoms in total. The Morgan fingerprint density at radius 3 is 2.83 bits per heavy atom. The van der Waals surface area contributed by atoms with Crippen LogP contribution in [0.15, 0.2) is 42.6 Å². The van der Waals surface area contributed by atoms with Crippen LogP contribution in [0.1, 0.15) is 19.0 Å². The highest BCUT2D eigenvalue weighted by molar-refractivity contribution is 7.21. The molecular formula is C18H18N4S. The largest absolute Gasteiger partial charge is 0.367 e. The molecule has 0 saturated carbocycles. The van der Waals surface area contributed by atoms with E-state index in [4.69, 9.17) is 4.98 Å². The summed E-state index contributed by atoms with van der Waals surface area (Å²) in [6, 6.07) is 12.6. The molecule has 0 atom stereocenters. The number of nitrogens with one attached hydrogen (secondary N) is 1. The first-order chi connectivity index (χ1) is 11.3. The van der Waals surface area contributed by atoms with Gasteiger partial charge in [-0.25, -0.2) is 9.97 Å². The second-order valence-electron chi connectivity index (χ2n) is 5.61. The minimum atomic E-state index is 0.866. The summed E-state index contributed by atoms with van der Waals surface area (Å²) >= 11 is 1.76. The normalized spacial score (nSPS) is 11.4. The standard InChI is InChI=1S/C18H18N4S/c1-3-9-19-16-17-20-11-12(2)22(17)18-14(21-16)10-15(23-18)13-7-5-4-6-8-13/h4-8,10-11H,3,9H2,1-2H3,(H,19,21). The maximum atomic E-state index is 4.82. The molecule has 4 rings (SSSR count). The second-order valence-corrected chi connectivity index (χ2v) is 6.64. The summed E-state index contributed by atoms with van der Waals surface area (Å²) in [5, 5.41) is 3.40. The number of imidazole rings is 1. The fraction of sp³-hybridized carbons (Fsp3) is 0.222. The Hall–Kier alpha value is -2.40. The van der Waals surface area contributed by atoms with Crippen molar-refractivity contribution < 1.29 is 0 Å². The van der Waals surface area contributed by atoms with Crippen molar-refractivity contribution >= 4 is 33.1 Å². The third-order valence-corrected chi connectivity index (χ3v) is 5.04. The summed E-state index contributed by atoms with van der Waals surface area (Å²) in [5.74, 6) is 0.866. The van der Waals surface area contributed by atoms with Gasteiger partial charge in [-0.3, -0.25) is 4.40 Å². The van der Waals surface area contributed by atoms with E-state index in [1.165, 1.54) is 10.4 Å². The fourth-order valence-corrected chi connectivity index (χ4v) is 3.91. The Kier molecular flexibility index (Phi) is 3.50. The number of hydrogen-bond donors (Lipinski definition) is 1. The quantitative estimate of drug-likeness (QED) is 0.590. The molecule has 3 heterocycles. The number of benzene rings is 1. The van der Waals surface area contributed by atoms with Crippen molar-refractivity contribution in [3.05, 3.63) is 48.3 Å². The Balaban J connectivity index is 1.96. The van der Waals surface area contributed by atoms with Crippen LogP contribution in [0, 0.1) is 6.92 Å². The van der Waals surface area contributed by atoms with E-state index in [0.717, 1.165) is 40.5 Å². The molecule has 0 aliphatic rings. The van der Waals surface area contributed by atoms with E-state index in [0.29, 0.717) is 0 Å². The maximum absolute atomic E-state index is 4.82. The van der Waals surface area contributed by atoms with Gasteiger partial charge in [0, 0.05) is 23.3 Å². The molecule has 0 spiro atoms. The first-order valence-corrected chi connectivity index (χ1v) is 8.66. The summed E-state index contributed by atoms with van der Waals surface area (Å²) in [6.45, 7) is 5.14. The van der Waals surface area contributed by atoms with Crippen LogP contribution in [0.4, 0.5) is 5.82 Å². The second kappa shape index (κ2) is 5.66. The molecule has 0 fully saturated rings. The van der Waals surface area contributed by atoms with Crippen LogP contribution in [-0.4, -0.2) is 20.9 Å². The number of thiophene rings is 1. The van der Waals surface area contributed by atoms with Crippen molar-refractivity contribution in [2.75, 3.05) is 11.9 Å². The summed E-state index contributed by atoms with van der Waals surface area (Å²) in [4.78, 5) is 11.7. The lowest BCUT2D eigenvalue weighted by Gasteiger charge is -2.07. The molecule has 0 bridgehead atoms. The van der Waals surface area contributed by atoms with Crippen molar-refractivity contribution in [3.63, 3.8) is 0 Å². The molecule has 116 valence electrons. The highest BCUT2D eigenvalue weighted by atomic mass is 32.1. The Morgan fingerprint density at radius 1 is 1.22 bits per heavy atom. The average molecular weight is 322 g/mol. The minimum Gasteiger partial charge on any atom is -0.367 e. The molecule has 1 N–H and O–H groups in total. The molecule has 0 saturated heterocycles. The van der Waals surface area contributed by atoms with Crippen LogP contribution < -0.4 is 5.32 Å². The zero-order valence-corrected chi connectivity index (χ0v) is 14.0. The van der Waals surface area contributed by atoms with Gasteiger partial charge in [0.25, 0.3) is 0 Å². The van der Waals surface area contributed by atoms with Crippen molar-refractivity contribution in [3.8, 4) is 10.4 Å². The number of anilines is 1. The van der Waals surface area contributed by atoms with Gasteiger partial charge in [-0.1, -0.05) is 37.3 Å². The smallest absolute Gasteiger partial charge is 0.181 e. The van der Waals surface area contributed by atoms with Gasteiger partial charge in [-0.2, -0.15) is 0 Å². The number of aromatic nitrogens is 3. The van der Waals surface area contributed by atoms with Crippen molar-refractivity contribution in [1.29, 1.82) is 0 Å². The molecule has 0 aliphatic heterocycles. The molecule has 5 heteroatoms. The Labute approximate surface area is 138 Å². The number of nitrogens with zero attached hydrogens (tertiary/aromatic N) is 3. The van der Waals surface area contributed by atoms with Crippen molar-refractivity contribution in [1.82, 2.24) is 14.4 Å². The van der Waals surface area contributed by atoms with Crippen LogP contribution >= 0.6 is 11.3 Å². The summed E-state index contributed by atoms with van der Waals surface area (Å²) in [7, 11) is 0. The van der Waals surface area contributed by atoms with Gasteiger partial charge >= 0.3 is 0 Å². The number of fused-ring (bicyclic) bond motifs is 3. The maximum Gasteiger partial charge on any atom is 0.181 e. The number of hydrogen-bond acceptors (Lipinski definition) is 4. The highest BCUT2D eigenvalue weighted by Gasteiger charge is 2.14. The monoisotopic (exact) mass is 322 g/mol. The van der Waals surface area contributed by atoms with E-state index in [9.17, 15) is 0 Å². The average Bonchev–Trinajstić information content (AvgIpc) is 3.17. The van der Waals surface area contributed by atoms with Gasteiger partial charge in [0.2, 0.25) is 0 Å². The van der Waals surface area contributed by atoms with Gasteiger partial charge in [0.15, 0.2) is 11.5 Å². The number of aryl methyl sites for hydroxylation is 1. The van der Waals surface area contributed by atoms with Gasteiger partial charge < -0.3 is 5.32 Å². The summed E-state index contributed by atoms with van der Waals surface area (Å²) in [6.07, 6.45) is 2.97. The third-order valence-electron chi connectivity index (χ3n) is 3.88. The van der Waals surface area contributed by atoms with Gasteiger partial charge in [-0.05, 0) is 25.0 Å². The SMILES string of the molecule is CCCNc1nc2cc(-c3ccccc3)sc2n2c(C)cnc12.